The number of aromatic nitrogens is 3. The average Bonchev–Trinajstić information content (AvgIpc) is 2.28. The molecule has 5 nitrogen and oxygen atoms in total. The van der Waals surface area contributed by atoms with Crippen molar-refractivity contribution in [3.8, 4) is 5.75 Å². The molecule has 0 aliphatic rings. The summed E-state index contributed by atoms with van der Waals surface area (Å²) in [6.07, 6.45) is 3.09. The van der Waals surface area contributed by atoms with E-state index in [9.17, 15) is 0 Å². The number of rotatable bonds is 3. The third kappa shape index (κ3) is 2.63. The molecule has 0 fully saturated rings. The van der Waals surface area contributed by atoms with Gasteiger partial charge in [0, 0.05) is 18.0 Å². The van der Waals surface area contributed by atoms with Crippen LogP contribution < -0.4 is 10.5 Å². The fraction of sp³-hybridized carbons (Fsp3) is 0.100. The molecule has 0 aliphatic heterocycles. The smallest absolute Gasteiger partial charge is 0.188 e. The molecule has 0 radical (unpaired) electrons. The Labute approximate surface area is 86.9 Å². The monoisotopic (exact) mass is 202 g/mol. The highest BCUT2D eigenvalue weighted by Gasteiger charge is 1.98. The van der Waals surface area contributed by atoms with Gasteiger partial charge in [0.15, 0.2) is 5.82 Å². The van der Waals surface area contributed by atoms with Crippen LogP contribution in [0.25, 0.3) is 0 Å². The zero-order chi connectivity index (χ0) is 10.5. The van der Waals surface area contributed by atoms with E-state index in [4.69, 9.17) is 10.5 Å². The molecule has 1 heterocycles. The zero-order valence-corrected chi connectivity index (χ0v) is 8.00. The van der Waals surface area contributed by atoms with Gasteiger partial charge in [-0.15, -0.1) is 5.10 Å². The number of nitrogens with zero attached hydrogens (tertiary/aromatic N) is 3. The summed E-state index contributed by atoms with van der Waals surface area (Å²) in [6.45, 7) is 0.289. The van der Waals surface area contributed by atoms with Crippen LogP contribution in [0, 0.1) is 0 Å². The van der Waals surface area contributed by atoms with Gasteiger partial charge in [0.05, 0.1) is 6.20 Å². The van der Waals surface area contributed by atoms with Crippen LogP contribution >= 0.6 is 0 Å². The molecule has 0 spiro atoms. The van der Waals surface area contributed by atoms with Crippen molar-refractivity contribution >= 4 is 5.69 Å². The minimum Gasteiger partial charge on any atom is -0.485 e. The average molecular weight is 202 g/mol. The Kier molecular flexibility index (Phi) is 2.73. The van der Waals surface area contributed by atoms with Gasteiger partial charge in [0.1, 0.15) is 12.4 Å². The van der Waals surface area contributed by atoms with Gasteiger partial charge in [-0.2, -0.15) is 5.10 Å². The summed E-state index contributed by atoms with van der Waals surface area (Å²) in [5.74, 6) is 1.24. The summed E-state index contributed by atoms with van der Waals surface area (Å²) in [5.41, 5.74) is 6.27. The maximum atomic E-state index is 5.60. The van der Waals surface area contributed by atoms with E-state index in [0.717, 1.165) is 0 Å². The third-order valence-electron chi connectivity index (χ3n) is 1.76. The Morgan fingerprint density at radius 1 is 1.27 bits per heavy atom. The van der Waals surface area contributed by atoms with Gasteiger partial charge in [-0.05, 0) is 12.1 Å². The molecule has 0 saturated heterocycles. The zero-order valence-electron chi connectivity index (χ0n) is 8.00. The Morgan fingerprint density at radius 3 is 2.93 bits per heavy atom. The van der Waals surface area contributed by atoms with Gasteiger partial charge in [-0.25, -0.2) is 4.98 Å². The molecule has 0 unspecified atom stereocenters. The summed E-state index contributed by atoms with van der Waals surface area (Å²) in [7, 11) is 0. The lowest BCUT2D eigenvalue weighted by atomic mass is 10.3. The van der Waals surface area contributed by atoms with Crippen LogP contribution in [0.3, 0.4) is 0 Å². The van der Waals surface area contributed by atoms with E-state index >= 15 is 0 Å². The summed E-state index contributed by atoms with van der Waals surface area (Å²) < 4.78 is 5.43. The maximum absolute atomic E-state index is 5.60. The van der Waals surface area contributed by atoms with Crippen LogP contribution in [0.2, 0.25) is 0 Å². The van der Waals surface area contributed by atoms with E-state index in [1.807, 2.05) is 12.1 Å². The minimum absolute atomic E-state index is 0.289. The molecule has 1 aromatic carbocycles. The normalized spacial score (nSPS) is 9.87. The van der Waals surface area contributed by atoms with Gasteiger partial charge in [-0.3, -0.25) is 0 Å². The van der Waals surface area contributed by atoms with Gasteiger partial charge in [-0.1, -0.05) is 6.07 Å². The van der Waals surface area contributed by atoms with Crippen molar-refractivity contribution in [2.75, 3.05) is 5.73 Å². The third-order valence-corrected chi connectivity index (χ3v) is 1.76. The lowest BCUT2D eigenvalue weighted by molar-refractivity contribution is 0.294. The summed E-state index contributed by atoms with van der Waals surface area (Å²) in [4.78, 5) is 3.99. The van der Waals surface area contributed by atoms with Crippen LogP contribution in [0.15, 0.2) is 36.7 Å². The van der Waals surface area contributed by atoms with E-state index in [2.05, 4.69) is 15.2 Å². The van der Waals surface area contributed by atoms with E-state index < -0.39 is 0 Å². The van der Waals surface area contributed by atoms with Crippen LogP contribution in [0.1, 0.15) is 5.82 Å². The first kappa shape index (κ1) is 9.39. The first-order chi connectivity index (χ1) is 7.34. The molecule has 5 heteroatoms. The molecular formula is C10H10N4O. The van der Waals surface area contributed by atoms with E-state index in [-0.39, 0.29) is 6.61 Å². The SMILES string of the molecule is Nc1cccc(OCc2nccnn2)c1. The number of hydrogen-bond acceptors (Lipinski definition) is 5. The molecule has 76 valence electrons. The van der Waals surface area contributed by atoms with Crippen molar-refractivity contribution in [3.63, 3.8) is 0 Å². The largest absolute Gasteiger partial charge is 0.485 e. The fourth-order valence-corrected chi connectivity index (χ4v) is 1.09. The molecule has 2 aromatic rings. The first-order valence-electron chi connectivity index (χ1n) is 4.45. The van der Waals surface area contributed by atoms with Crippen LogP contribution in [0.5, 0.6) is 5.75 Å². The number of anilines is 1. The maximum Gasteiger partial charge on any atom is 0.188 e. The topological polar surface area (TPSA) is 73.9 Å². The Balaban J connectivity index is 1.99. The predicted octanol–water partition coefficient (Wildman–Crippen LogP) is 1.03. The molecule has 1 aromatic heterocycles. The van der Waals surface area contributed by atoms with Crippen LogP contribution in [-0.2, 0) is 6.61 Å². The highest BCUT2D eigenvalue weighted by Crippen LogP contribution is 2.14. The van der Waals surface area contributed by atoms with Crippen molar-refractivity contribution in [1.82, 2.24) is 15.2 Å². The molecule has 15 heavy (non-hydrogen) atoms. The van der Waals surface area contributed by atoms with Crippen LogP contribution in [0.4, 0.5) is 5.69 Å². The standard InChI is InChI=1S/C10H10N4O/c11-8-2-1-3-9(6-8)15-7-10-12-4-5-13-14-10/h1-6H,7,11H2. The van der Waals surface area contributed by atoms with Gasteiger partial charge in [0.25, 0.3) is 0 Å². The van der Waals surface area contributed by atoms with Crippen molar-refractivity contribution in [2.45, 2.75) is 6.61 Å². The van der Waals surface area contributed by atoms with Gasteiger partial charge in [0.2, 0.25) is 0 Å². The predicted molar refractivity (Wildman–Crippen MR) is 55.0 cm³/mol. The summed E-state index contributed by atoms with van der Waals surface area (Å²) >= 11 is 0. The molecule has 2 N–H and O–H groups in total. The second-order valence-corrected chi connectivity index (χ2v) is 2.92. The van der Waals surface area contributed by atoms with Crippen molar-refractivity contribution < 1.29 is 4.74 Å². The van der Waals surface area contributed by atoms with Crippen molar-refractivity contribution in [3.05, 3.63) is 42.5 Å². The number of nitrogen functional groups attached to an aromatic ring is 1. The first-order valence-corrected chi connectivity index (χ1v) is 4.45. The van der Waals surface area contributed by atoms with Crippen LogP contribution in [-0.4, -0.2) is 15.2 Å². The van der Waals surface area contributed by atoms with Gasteiger partial charge >= 0.3 is 0 Å². The Bertz CT molecular complexity index is 432. The van der Waals surface area contributed by atoms with Gasteiger partial charge < -0.3 is 10.5 Å². The minimum atomic E-state index is 0.289. The number of benzene rings is 1. The van der Waals surface area contributed by atoms with E-state index in [1.165, 1.54) is 6.20 Å². The molecule has 0 saturated carbocycles. The summed E-state index contributed by atoms with van der Waals surface area (Å²) in [6, 6.07) is 7.20. The molecule has 2 rings (SSSR count). The number of nitrogens with two attached hydrogens (primary N) is 1. The second-order valence-electron chi connectivity index (χ2n) is 2.92. The number of hydrogen-bond donors (Lipinski definition) is 1. The van der Waals surface area contributed by atoms with Crippen molar-refractivity contribution in [2.24, 2.45) is 0 Å². The lowest BCUT2D eigenvalue weighted by Crippen LogP contribution is -2.02. The molecule has 0 atom stereocenters. The quantitative estimate of drug-likeness (QED) is 0.752. The molecule has 0 aliphatic carbocycles. The Hall–Kier alpha value is -2.17. The molecular weight excluding hydrogens is 192 g/mol. The molecule has 0 amide bonds. The highest BCUT2D eigenvalue weighted by atomic mass is 16.5. The van der Waals surface area contributed by atoms with Crippen molar-refractivity contribution in [1.29, 1.82) is 0 Å². The molecule has 0 bridgehead atoms. The van der Waals surface area contributed by atoms with E-state index in [1.54, 1.807) is 18.3 Å². The second kappa shape index (κ2) is 4.36. The summed E-state index contributed by atoms with van der Waals surface area (Å²) in [5, 5.41) is 7.50. The van der Waals surface area contributed by atoms with E-state index in [0.29, 0.717) is 17.3 Å². The number of ether oxygens (including phenoxy) is 1. The fourth-order valence-electron chi connectivity index (χ4n) is 1.09. The Morgan fingerprint density at radius 2 is 2.20 bits per heavy atom. The highest BCUT2D eigenvalue weighted by molar-refractivity contribution is 5.43. The lowest BCUT2D eigenvalue weighted by Gasteiger charge is -2.04.